The van der Waals surface area contributed by atoms with Gasteiger partial charge < -0.3 is 10.1 Å². The Balaban J connectivity index is 1.47. The maximum absolute atomic E-state index is 12.2. The standard InChI is InChI=1S/C18H19N3O6S2/c22-16(20-18(24)19-10-14-4-2-8-28-14)11-27-17(23)12-3-1-5-15(9-12)29(25,26)21-13-6-7-13/h1-5,8-9,13,21H,6-7,10-11H2,(H2,19,20,22,24). The van der Waals surface area contributed by atoms with Crippen molar-refractivity contribution >= 4 is 39.3 Å². The molecule has 9 nitrogen and oxygen atoms in total. The van der Waals surface area contributed by atoms with Crippen molar-refractivity contribution in [1.29, 1.82) is 0 Å². The zero-order valence-electron chi connectivity index (χ0n) is 15.2. The number of hydrogen-bond acceptors (Lipinski definition) is 7. The van der Waals surface area contributed by atoms with Crippen LogP contribution in [0.1, 0.15) is 28.1 Å². The van der Waals surface area contributed by atoms with Crippen LogP contribution in [0.5, 0.6) is 0 Å². The molecule has 1 aliphatic rings. The molecular formula is C18H19N3O6S2. The lowest BCUT2D eigenvalue weighted by Crippen LogP contribution is -2.41. The molecule has 154 valence electrons. The van der Waals surface area contributed by atoms with Crippen LogP contribution in [0.2, 0.25) is 0 Å². The number of hydrogen-bond donors (Lipinski definition) is 3. The van der Waals surface area contributed by atoms with Gasteiger partial charge in [0.05, 0.1) is 17.0 Å². The first-order valence-electron chi connectivity index (χ1n) is 8.73. The summed E-state index contributed by atoms with van der Waals surface area (Å²) >= 11 is 1.46. The number of urea groups is 1. The minimum absolute atomic E-state index is 0.0152. The summed E-state index contributed by atoms with van der Waals surface area (Å²) in [4.78, 5) is 36.4. The molecule has 1 fully saturated rings. The highest BCUT2D eigenvalue weighted by Crippen LogP contribution is 2.22. The van der Waals surface area contributed by atoms with Gasteiger partial charge in [0, 0.05) is 10.9 Å². The second-order valence-electron chi connectivity index (χ2n) is 6.31. The van der Waals surface area contributed by atoms with Crippen molar-refractivity contribution in [2.45, 2.75) is 30.3 Å². The fourth-order valence-corrected chi connectivity index (χ4v) is 4.28. The molecule has 0 saturated heterocycles. The lowest BCUT2D eigenvalue weighted by molar-refractivity contribution is -0.123. The van der Waals surface area contributed by atoms with Gasteiger partial charge in [-0.2, -0.15) is 0 Å². The predicted molar refractivity (Wildman–Crippen MR) is 105 cm³/mol. The van der Waals surface area contributed by atoms with Crippen LogP contribution >= 0.6 is 11.3 Å². The van der Waals surface area contributed by atoms with Crippen molar-refractivity contribution in [1.82, 2.24) is 15.4 Å². The van der Waals surface area contributed by atoms with Crippen LogP contribution in [0.15, 0.2) is 46.7 Å². The molecule has 11 heteroatoms. The fraction of sp³-hybridized carbons (Fsp3) is 0.278. The zero-order valence-corrected chi connectivity index (χ0v) is 16.8. The summed E-state index contributed by atoms with van der Waals surface area (Å²) < 4.78 is 31.8. The third kappa shape index (κ3) is 6.38. The van der Waals surface area contributed by atoms with Crippen molar-refractivity contribution in [3.05, 3.63) is 52.2 Å². The molecule has 0 aliphatic heterocycles. The van der Waals surface area contributed by atoms with Crippen LogP contribution in [-0.4, -0.2) is 39.0 Å². The monoisotopic (exact) mass is 437 g/mol. The number of carbonyl (C=O) groups excluding carboxylic acids is 3. The van der Waals surface area contributed by atoms with Crippen LogP contribution in [0, 0.1) is 0 Å². The van der Waals surface area contributed by atoms with E-state index in [1.54, 1.807) is 0 Å². The molecule has 0 unspecified atom stereocenters. The summed E-state index contributed by atoms with van der Waals surface area (Å²) in [7, 11) is -3.71. The molecule has 1 aliphatic carbocycles. The highest BCUT2D eigenvalue weighted by molar-refractivity contribution is 7.89. The maximum atomic E-state index is 12.2. The highest BCUT2D eigenvalue weighted by Gasteiger charge is 2.28. The number of imide groups is 1. The van der Waals surface area contributed by atoms with E-state index in [4.69, 9.17) is 4.74 Å². The molecular weight excluding hydrogens is 418 g/mol. The van der Waals surface area contributed by atoms with Crippen LogP contribution in [0.25, 0.3) is 0 Å². The molecule has 0 bridgehead atoms. The quantitative estimate of drug-likeness (QED) is 0.535. The summed E-state index contributed by atoms with van der Waals surface area (Å²) in [6.07, 6.45) is 1.58. The number of rotatable bonds is 8. The molecule has 0 atom stereocenters. The third-order valence-corrected chi connectivity index (χ3v) is 6.26. The molecule has 0 radical (unpaired) electrons. The molecule has 3 rings (SSSR count). The number of ether oxygens (including phenoxy) is 1. The second kappa shape index (κ2) is 9.16. The number of benzene rings is 1. The summed E-state index contributed by atoms with van der Waals surface area (Å²) in [6, 6.07) is 8.24. The Morgan fingerprint density at radius 3 is 2.62 bits per heavy atom. The van der Waals surface area contributed by atoms with Crippen LogP contribution < -0.4 is 15.4 Å². The lowest BCUT2D eigenvalue weighted by Gasteiger charge is -2.09. The maximum Gasteiger partial charge on any atom is 0.338 e. The Bertz CT molecular complexity index is 1000. The molecule has 3 amide bonds. The Morgan fingerprint density at radius 2 is 1.93 bits per heavy atom. The topological polar surface area (TPSA) is 131 Å². The van der Waals surface area contributed by atoms with Gasteiger partial charge in [-0.1, -0.05) is 12.1 Å². The number of carbonyl (C=O) groups is 3. The summed E-state index contributed by atoms with van der Waals surface area (Å²) in [5.41, 5.74) is -0.0152. The van der Waals surface area contributed by atoms with Gasteiger partial charge in [-0.3, -0.25) is 10.1 Å². The lowest BCUT2D eigenvalue weighted by atomic mass is 10.2. The van der Waals surface area contributed by atoms with Crippen molar-refractivity contribution in [2.24, 2.45) is 0 Å². The van der Waals surface area contributed by atoms with E-state index in [0.29, 0.717) is 0 Å². The first kappa shape index (κ1) is 21.0. The van der Waals surface area contributed by atoms with E-state index in [2.05, 4.69) is 10.0 Å². The average Bonchev–Trinajstić information content (AvgIpc) is 3.33. The molecule has 29 heavy (non-hydrogen) atoms. The minimum atomic E-state index is -3.71. The van der Waals surface area contributed by atoms with Gasteiger partial charge in [-0.05, 0) is 42.5 Å². The third-order valence-electron chi connectivity index (χ3n) is 3.87. The average molecular weight is 437 g/mol. The van der Waals surface area contributed by atoms with E-state index in [-0.39, 0.29) is 23.0 Å². The van der Waals surface area contributed by atoms with E-state index in [1.165, 1.54) is 35.6 Å². The Kier molecular flexibility index (Phi) is 6.62. The first-order valence-corrected chi connectivity index (χ1v) is 11.1. The highest BCUT2D eigenvalue weighted by atomic mass is 32.2. The zero-order chi connectivity index (χ0) is 20.9. The van der Waals surface area contributed by atoms with E-state index in [9.17, 15) is 22.8 Å². The summed E-state index contributed by atoms with van der Waals surface area (Å²) in [6.45, 7) is -0.407. The van der Waals surface area contributed by atoms with Gasteiger partial charge in [-0.15, -0.1) is 11.3 Å². The summed E-state index contributed by atoms with van der Waals surface area (Å²) in [5, 5.41) is 6.41. The van der Waals surface area contributed by atoms with Crippen molar-refractivity contribution in [3.63, 3.8) is 0 Å². The van der Waals surface area contributed by atoms with E-state index in [1.807, 2.05) is 22.8 Å². The Morgan fingerprint density at radius 1 is 1.14 bits per heavy atom. The number of thiophene rings is 1. The largest absolute Gasteiger partial charge is 0.452 e. The van der Waals surface area contributed by atoms with Crippen molar-refractivity contribution < 1.29 is 27.5 Å². The first-order chi connectivity index (χ1) is 13.8. The Labute approximate surface area is 171 Å². The Hall–Kier alpha value is -2.76. The van der Waals surface area contributed by atoms with Crippen LogP contribution in [0.4, 0.5) is 4.79 Å². The molecule has 1 saturated carbocycles. The molecule has 1 aromatic heterocycles. The van der Waals surface area contributed by atoms with Gasteiger partial charge in [0.2, 0.25) is 10.0 Å². The number of sulfonamides is 1. The van der Waals surface area contributed by atoms with E-state index in [0.717, 1.165) is 17.7 Å². The van der Waals surface area contributed by atoms with Crippen LogP contribution in [0.3, 0.4) is 0 Å². The summed E-state index contributed by atoms with van der Waals surface area (Å²) in [5.74, 6) is -1.68. The SMILES string of the molecule is O=C(COC(=O)c1cccc(S(=O)(=O)NC2CC2)c1)NC(=O)NCc1cccs1. The van der Waals surface area contributed by atoms with E-state index >= 15 is 0 Å². The van der Waals surface area contributed by atoms with Gasteiger partial charge in [0.15, 0.2) is 6.61 Å². The minimum Gasteiger partial charge on any atom is -0.452 e. The normalized spacial score (nSPS) is 13.5. The number of esters is 1. The molecule has 1 aromatic carbocycles. The van der Waals surface area contributed by atoms with Crippen molar-refractivity contribution in [3.8, 4) is 0 Å². The van der Waals surface area contributed by atoms with Crippen LogP contribution in [-0.2, 0) is 26.1 Å². The van der Waals surface area contributed by atoms with Gasteiger partial charge in [0.25, 0.3) is 5.91 Å². The molecule has 3 N–H and O–H groups in total. The fourth-order valence-electron chi connectivity index (χ4n) is 2.28. The molecule has 2 aromatic rings. The van der Waals surface area contributed by atoms with E-state index < -0.39 is 34.5 Å². The van der Waals surface area contributed by atoms with Crippen molar-refractivity contribution in [2.75, 3.05) is 6.61 Å². The number of amides is 3. The smallest absolute Gasteiger partial charge is 0.338 e. The van der Waals surface area contributed by atoms with Gasteiger partial charge in [-0.25, -0.2) is 22.7 Å². The molecule has 0 spiro atoms. The van der Waals surface area contributed by atoms with Gasteiger partial charge in [0.1, 0.15) is 0 Å². The second-order valence-corrected chi connectivity index (χ2v) is 9.06. The van der Waals surface area contributed by atoms with Gasteiger partial charge >= 0.3 is 12.0 Å². The predicted octanol–water partition coefficient (Wildman–Crippen LogP) is 1.37. The number of nitrogens with one attached hydrogen (secondary N) is 3. The molecule has 1 heterocycles.